The van der Waals surface area contributed by atoms with Gasteiger partial charge in [-0.1, -0.05) is 152 Å². The van der Waals surface area contributed by atoms with Crippen molar-refractivity contribution in [2.45, 2.75) is 25.7 Å². The minimum atomic E-state index is 1.04. The molecule has 0 bridgehead atoms. The standard InChI is InChI=1S/C52H40N2/c1-5-21-45-39(13-1)17-9-25-49(45)53(50-26-10-18-40-14-2-6-22-46(40)50)43-33-29-37(30-34-43)38-31-35-44(36-32-38)54(51-27-11-19-41-15-3-7-23-47(41)51)52-28-12-20-42-16-4-8-24-48(42)52/h1-7,9-10,12-18,20-23,25-36H,8,11,19,24H2. The molecule has 2 aliphatic carbocycles. The van der Waals surface area contributed by atoms with Gasteiger partial charge in [-0.3, -0.25) is 0 Å². The maximum atomic E-state index is 2.51. The molecule has 0 aliphatic heterocycles. The summed E-state index contributed by atoms with van der Waals surface area (Å²) in [6.07, 6.45) is 11.3. The van der Waals surface area contributed by atoms with Gasteiger partial charge in [0.2, 0.25) is 0 Å². The van der Waals surface area contributed by atoms with Gasteiger partial charge < -0.3 is 9.80 Å². The predicted octanol–water partition coefficient (Wildman–Crippen LogP) is 14.2. The van der Waals surface area contributed by atoms with E-state index in [0.29, 0.717) is 0 Å². The highest BCUT2D eigenvalue weighted by atomic mass is 15.2. The van der Waals surface area contributed by atoms with Gasteiger partial charge in [0.25, 0.3) is 0 Å². The van der Waals surface area contributed by atoms with Crippen molar-refractivity contribution >= 4 is 61.8 Å². The number of anilines is 5. The van der Waals surface area contributed by atoms with Crippen LogP contribution in [-0.2, 0) is 12.8 Å². The first-order valence-electron chi connectivity index (χ1n) is 19.1. The predicted molar refractivity (Wildman–Crippen MR) is 230 cm³/mol. The molecule has 54 heavy (non-hydrogen) atoms. The lowest BCUT2D eigenvalue weighted by molar-refractivity contribution is 0.958. The molecule has 2 nitrogen and oxygen atoms in total. The molecular weight excluding hydrogens is 653 g/mol. The molecule has 0 saturated heterocycles. The Hall–Kier alpha value is -6.64. The van der Waals surface area contributed by atoms with Crippen molar-refractivity contribution in [1.29, 1.82) is 0 Å². The Bertz CT molecular complexity index is 2630. The van der Waals surface area contributed by atoms with Crippen LogP contribution in [0.15, 0.2) is 188 Å². The molecule has 0 spiro atoms. The number of hydrogen-bond acceptors (Lipinski definition) is 2. The summed E-state index contributed by atoms with van der Waals surface area (Å²) in [5.74, 6) is 0. The fraction of sp³-hybridized carbons (Fsp3) is 0.0769. The van der Waals surface area contributed by atoms with E-state index in [1.807, 2.05) is 0 Å². The second-order valence-corrected chi connectivity index (χ2v) is 14.3. The molecule has 0 radical (unpaired) electrons. The summed E-state index contributed by atoms with van der Waals surface area (Å²) in [5.41, 5.74) is 15.1. The highest BCUT2D eigenvalue weighted by Gasteiger charge is 2.24. The molecular formula is C52H40N2. The Morgan fingerprint density at radius 3 is 1.65 bits per heavy atom. The molecule has 8 aromatic carbocycles. The summed E-state index contributed by atoms with van der Waals surface area (Å²) in [6, 6.07) is 64.5. The number of nitrogens with zero attached hydrogens (tertiary/aromatic N) is 2. The lowest BCUT2D eigenvalue weighted by Crippen LogP contribution is -2.20. The van der Waals surface area contributed by atoms with E-state index in [2.05, 4.69) is 204 Å². The topological polar surface area (TPSA) is 6.48 Å². The molecule has 258 valence electrons. The van der Waals surface area contributed by atoms with Crippen LogP contribution in [-0.4, -0.2) is 0 Å². The van der Waals surface area contributed by atoms with E-state index in [9.17, 15) is 0 Å². The minimum absolute atomic E-state index is 1.04. The van der Waals surface area contributed by atoms with Gasteiger partial charge in [0.1, 0.15) is 0 Å². The summed E-state index contributed by atoms with van der Waals surface area (Å²) in [7, 11) is 0. The molecule has 0 heterocycles. The van der Waals surface area contributed by atoms with Crippen LogP contribution < -0.4 is 9.80 Å². The van der Waals surface area contributed by atoms with Crippen LogP contribution in [0.3, 0.4) is 0 Å². The van der Waals surface area contributed by atoms with Gasteiger partial charge >= 0.3 is 0 Å². The molecule has 2 heteroatoms. The summed E-state index contributed by atoms with van der Waals surface area (Å²) in [6.45, 7) is 0. The van der Waals surface area contributed by atoms with Crippen molar-refractivity contribution < 1.29 is 0 Å². The number of aryl methyl sites for hydroxylation is 1. The van der Waals surface area contributed by atoms with Crippen LogP contribution in [0, 0.1) is 0 Å². The number of allylic oxidation sites excluding steroid dienone is 2. The summed E-state index contributed by atoms with van der Waals surface area (Å²) < 4.78 is 0. The fourth-order valence-corrected chi connectivity index (χ4v) is 8.57. The molecule has 0 unspecified atom stereocenters. The van der Waals surface area contributed by atoms with Gasteiger partial charge in [0, 0.05) is 39.1 Å². The molecule has 0 saturated carbocycles. The van der Waals surface area contributed by atoms with Crippen molar-refractivity contribution in [2.24, 2.45) is 0 Å². The van der Waals surface area contributed by atoms with E-state index in [-0.39, 0.29) is 0 Å². The zero-order valence-corrected chi connectivity index (χ0v) is 30.2. The molecule has 10 rings (SSSR count). The molecule has 0 amide bonds. The number of hydrogen-bond donors (Lipinski definition) is 0. The van der Waals surface area contributed by atoms with Gasteiger partial charge in [0.05, 0.1) is 11.4 Å². The zero-order chi connectivity index (χ0) is 35.8. The van der Waals surface area contributed by atoms with Gasteiger partial charge in [-0.25, -0.2) is 0 Å². The van der Waals surface area contributed by atoms with Crippen LogP contribution in [0.25, 0.3) is 44.4 Å². The first-order valence-corrected chi connectivity index (χ1v) is 19.1. The van der Waals surface area contributed by atoms with E-state index in [4.69, 9.17) is 0 Å². The number of fused-ring (bicyclic) bond motifs is 4. The van der Waals surface area contributed by atoms with E-state index >= 15 is 0 Å². The van der Waals surface area contributed by atoms with Crippen molar-refractivity contribution in [3.8, 4) is 11.1 Å². The second kappa shape index (κ2) is 13.7. The van der Waals surface area contributed by atoms with E-state index in [0.717, 1.165) is 31.4 Å². The Morgan fingerprint density at radius 2 is 0.963 bits per heavy atom. The number of benzene rings is 8. The lowest BCUT2D eigenvalue weighted by atomic mass is 9.91. The Morgan fingerprint density at radius 1 is 0.407 bits per heavy atom. The molecule has 0 aromatic heterocycles. The van der Waals surface area contributed by atoms with Crippen LogP contribution in [0.2, 0.25) is 0 Å². The molecule has 0 fully saturated rings. The van der Waals surface area contributed by atoms with Crippen LogP contribution in [0.1, 0.15) is 35.1 Å². The lowest BCUT2D eigenvalue weighted by Gasteiger charge is -2.33. The molecule has 2 aliphatic rings. The molecule has 8 aromatic rings. The van der Waals surface area contributed by atoms with Crippen LogP contribution in [0.4, 0.5) is 28.4 Å². The first-order chi connectivity index (χ1) is 26.8. The summed E-state index contributed by atoms with van der Waals surface area (Å²) in [5, 5.41) is 4.91. The van der Waals surface area contributed by atoms with E-state index < -0.39 is 0 Å². The van der Waals surface area contributed by atoms with Gasteiger partial charge in [-0.2, -0.15) is 0 Å². The van der Waals surface area contributed by atoms with Gasteiger partial charge in [0.15, 0.2) is 0 Å². The van der Waals surface area contributed by atoms with E-state index in [1.54, 1.807) is 0 Å². The zero-order valence-electron chi connectivity index (χ0n) is 30.2. The largest absolute Gasteiger partial charge is 0.310 e. The van der Waals surface area contributed by atoms with Gasteiger partial charge in [-0.15, -0.1) is 0 Å². The third-order valence-corrected chi connectivity index (χ3v) is 11.2. The average Bonchev–Trinajstić information content (AvgIpc) is 3.25. The first kappa shape index (κ1) is 32.0. The van der Waals surface area contributed by atoms with Crippen LogP contribution >= 0.6 is 0 Å². The monoisotopic (exact) mass is 692 g/mol. The van der Waals surface area contributed by atoms with Crippen molar-refractivity contribution in [3.63, 3.8) is 0 Å². The molecule has 0 atom stereocenters. The van der Waals surface area contributed by atoms with E-state index in [1.165, 1.54) is 83.4 Å². The fourth-order valence-electron chi connectivity index (χ4n) is 8.57. The Labute approximate surface area is 317 Å². The molecule has 0 N–H and O–H groups in total. The third-order valence-electron chi connectivity index (χ3n) is 11.2. The van der Waals surface area contributed by atoms with Crippen molar-refractivity contribution in [3.05, 3.63) is 210 Å². The SMILES string of the molecule is C1=Cc2cccc(N(C3=CCCc4ccccc43)c3ccc(-c4ccc(N(c5cccc6ccccc56)c5cccc6ccccc56)cc4)cc3)c2CC1. The maximum Gasteiger partial charge on any atom is 0.0540 e. The normalized spacial score (nSPS) is 13.3. The van der Waals surface area contributed by atoms with Crippen molar-refractivity contribution in [1.82, 2.24) is 0 Å². The second-order valence-electron chi connectivity index (χ2n) is 14.3. The highest BCUT2D eigenvalue weighted by Crippen LogP contribution is 2.44. The third kappa shape index (κ3) is 5.68. The highest BCUT2D eigenvalue weighted by molar-refractivity contribution is 6.04. The quantitative estimate of drug-likeness (QED) is 0.164. The summed E-state index contributed by atoms with van der Waals surface area (Å²) >= 11 is 0. The minimum Gasteiger partial charge on any atom is -0.310 e. The maximum absolute atomic E-state index is 2.51. The van der Waals surface area contributed by atoms with Crippen molar-refractivity contribution in [2.75, 3.05) is 9.80 Å². The Kier molecular flexibility index (Phi) is 8.15. The summed E-state index contributed by atoms with van der Waals surface area (Å²) in [4.78, 5) is 4.93. The number of rotatable bonds is 7. The smallest absolute Gasteiger partial charge is 0.0540 e. The Balaban J connectivity index is 1.05. The average molecular weight is 693 g/mol. The van der Waals surface area contributed by atoms with Gasteiger partial charge in [-0.05, 0) is 107 Å². The van der Waals surface area contributed by atoms with Crippen LogP contribution in [0.5, 0.6) is 0 Å².